The van der Waals surface area contributed by atoms with E-state index in [1.54, 1.807) is 0 Å². The molecule has 78 valence electrons. The Balaban J connectivity index is 1.92. The van der Waals surface area contributed by atoms with Crippen LogP contribution in [0.3, 0.4) is 0 Å². The van der Waals surface area contributed by atoms with E-state index >= 15 is 0 Å². The first kappa shape index (κ1) is 9.80. The summed E-state index contributed by atoms with van der Waals surface area (Å²) >= 11 is 0. The minimum atomic E-state index is 0.277. The minimum absolute atomic E-state index is 0.277. The number of carbonyl (C=O) groups is 2. The monoisotopic (exact) mass is 196 g/mol. The highest BCUT2D eigenvalue weighted by atomic mass is 16.1. The van der Waals surface area contributed by atoms with Crippen LogP contribution in [0.5, 0.6) is 0 Å². The van der Waals surface area contributed by atoms with Gasteiger partial charge in [-0.3, -0.25) is 9.59 Å². The molecule has 0 aromatic carbocycles. The lowest BCUT2D eigenvalue weighted by atomic mass is 9.81. The van der Waals surface area contributed by atoms with Crippen LogP contribution in [-0.2, 0) is 9.59 Å². The molecule has 14 heavy (non-hydrogen) atoms. The zero-order chi connectivity index (χ0) is 9.97. The number of hydrogen-bond acceptors (Lipinski definition) is 4. The van der Waals surface area contributed by atoms with Gasteiger partial charge in [-0.25, -0.2) is 0 Å². The maximum absolute atomic E-state index is 11.2. The second-order valence-corrected chi connectivity index (χ2v) is 4.27. The van der Waals surface area contributed by atoms with Crippen LogP contribution in [0, 0.1) is 11.8 Å². The van der Waals surface area contributed by atoms with E-state index in [9.17, 15) is 9.59 Å². The van der Waals surface area contributed by atoms with Crippen LogP contribution < -0.4 is 10.6 Å². The summed E-state index contributed by atoms with van der Waals surface area (Å²) in [6, 6.07) is 0. The lowest BCUT2D eigenvalue weighted by Gasteiger charge is -2.32. The van der Waals surface area contributed by atoms with E-state index in [0.717, 1.165) is 13.1 Å². The van der Waals surface area contributed by atoms with Gasteiger partial charge in [0.25, 0.3) is 0 Å². The first-order chi connectivity index (χ1) is 6.75. The minimum Gasteiger partial charge on any atom is -0.310 e. The van der Waals surface area contributed by atoms with E-state index in [0.29, 0.717) is 37.8 Å². The molecule has 0 radical (unpaired) electrons. The number of carbonyl (C=O) groups excluding carboxylic acids is 2. The molecule has 0 aliphatic carbocycles. The zero-order valence-electron chi connectivity index (χ0n) is 8.21. The number of rotatable bonds is 1. The zero-order valence-corrected chi connectivity index (χ0v) is 8.21. The van der Waals surface area contributed by atoms with E-state index in [1.165, 1.54) is 0 Å². The number of ketones is 2. The van der Waals surface area contributed by atoms with E-state index in [1.807, 2.05) is 0 Å². The normalized spacial score (nSPS) is 34.6. The topological polar surface area (TPSA) is 58.2 Å². The van der Waals surface area contributed by atoms with Gasteiger partial charge < -0.3 is 10.6 Å². The third-order valence-corrected chi connectivity index (χ3v) is 3.10. The molecule has 2 heterocycles. The lowest BCUT2D eigenvalue weighted by Crippen LogP contribution is -2.46. The van der Waals surface area contributed by atoms with Gasteiger partial charge in [0.05, 0.1) is 13.1 Å². The SMILES string of the molecule is O=C1CNCC(C2CNCC(=O)C2)C1. The molecule has 0 spiro atoms. The van der Waals surface area contributed by atoms with Crippen LogP contribution in [0.1, 0.15) is 12.8 Å². The number of hydrogen-bond donors (Lipinski definition) is 2. The number of piperidine rings is 2. The van der Waals surface area contributed by atoms with Crippen LogP contribution in [0.4, 0.5) is 0 Å². The molecule has 4 heteroatoms. The summed E-state index contributed by atoms with van der Waals surface area (Å²) in [5.41, 5.74) is 0. The molecule has 2 aliphatic rings. The van der Waals surface area contributed by atoms with Crippen molar-refractivity contribution < 1.29 is 9.59 Å². The van der Waals surface area contributed by atoms with E-state index in [2.05, 4.69) is 10.6 Å². The first-order valence-corrected chi connectivity index (χ1v) is 5.20. The maximum atomic E-state index is 11.2. The molecule has 2 saturated heterocycles. The van der Waals surface area contributed by atoms with Crippen molar-refractivity contribution in [2.45, 2.75) is 12.8 Å². The Morgan fingerprint density at radius 2 is 1.29 bits per heavy atom. The highest BCUT2D eigenvalue weighted by Crippen LogP contribution is 2.23. The van der Waals surface area contributed by atoms with Gasteiger partial charge in [-0.05, 0) is 24.9 Å². The molecule has 2 unspecified atom stereocenters. The first-order valence-electron chi connectivity index (χ1n) is 5.20. The highest BCUT2D eigenvalue weighted by molar-refractivity contribution is 5.83. The summed E-state index contributed by atoms with van der Waals surface area (Å²) in [6.07, 6.45) is 1.29. The van der Waals surface area contributed by atoms with Gasteiger partial charge in [-0.1, -0.05) is 0 Å². The summed E-state index contributed by atoms with van der Waals surface area (Å²) in [5, 5.41) is 6.22. The van der Waals surface area contributed by atoms with Crippen LogP contribution in [0.25, 0.3) is 0 Å². The molecular formula is C10H16N2O2. The summed E-state index contributed by atoms with van der Waals surface area (Å²) < 4.78 is 0. The van der Waals surface area contributed by atoms with Crippen molar-refractivity contribution in [1.82, 2.24) is 10.6 Å². The van der Waals surface area contributed by atoms with Crippen molar-refractivity contribution in [2.75, 3.05) is 26.2 Å². The van der Waals surface area contributed by atoms with E-state index in [-0.39, 0.29) is 11.6 Å². The van der Waals surface area contributed by atoms with Gasteiger partial charge in [0.2, 0.25) is 0 Å². The van der Waals surface area contributed by atoms with Crippen molar-refractivity contribution >= 4 is 11.6 Å². The molecule has 0 aromatic rings. The quantitative estimate of drug-likeness (QED) is 0.585. The Morgan fingerprint density at radius 1 is 0.857 bits per heavy atom. The van der Waals surface area contributed by atoms with Crippen LogP contribution in [0.2, 0.25) is 0 Å². The predicted molar refractivity (Wildman–Crippen MR) is 52.0 cm³/mol. The molecule has 0 aromatic heterocycles. The Kier molecular flexibility index (Phi) is 2.93. The molecule has 0 amide bonds. The Morgan fingerprint density at radius 3 is 1.64 bits per heavy atom. The second-order valence-electron chi connectivity index (χ2n) is 4.27. The molecule has 0 saturated carbocycles. The van der Waals surface area contributed by atoms with Crippen molar-refractivity contribution in [3.05, 3.63) is 0 Å². The summed E-state index contributed by atoms with van der Waals surface area (Å²) in [4.78, 5) is 22.5. The molecule has 2 fully saturated rings. The molecule has 2 atom stereocenters. The van der Waals surface area contributed by atoms with Gasteiger partial charge in [-0.2, -0.15) is 0 Å². The van der Waals surface area contributed by atoms with E-state index in [4.69, 9.17) is 0 Å². The second kappa shape index (κ2) is 4.19. The Labute approximate surface area is 83.4 Å². The largest absolute Gasteiger partial charge is 0.310 e. The fourth-order valence-corrected chi connectivity index (χ4v) is 2.33. The molecule has 2 aliphatic heterocycles. The maximum Gasteiger partial charge on any atom is 0.146 e. The van der Waals surface area contributed by atoms with E-state index < -0.39 is 0 Å². The van der Waals surface area contributed by atoms with Crippen molar-refractivity contribution in [2.24, 2.45) is 11.8 Å². The fourth-order valence-electron chi connectivity index (χ4n) is 2.33. The Bertz CT molecular complexity index is 227. The number of Topliss-reactive ketones (excluding diaryl/α,β-unsaturated/α-hetero) is 2. The molecule has 2 rings (SSSR count). The highest BCUT2D eigenvalue weighted by Gasteiger charge is 2.30. The molecule has 2 N–H and O–H groups in total. The van der Waals surface area contributed by atoms with Gasteiger partial charge in [-0.15, -0.1) is 0 Å². The summed E-state index contributed by atoms with van der Waals surface area (Å²) in [5.74, 6) is 1.26. The standard InChI is InChI=1S/C10H16N2O2/c13-9-1-7(3-11-5-9)8-2-10(14)6-12-4-8/h7-8,11-12H,1-6H2. The lowest BCUT2D eigenvalue weighted by molar-refractivity contribution is -0.124. The molecule has 4 nitrogen and oxygen atoms in total. The smallest absolute Gasteiger partial charge is 0.146 e. The third kappa shape index (κ3) is 2.19. The third-order valence-electron chi connectivity index (χ3n) is 3.10. The summed E-state index contributed by atoms with van der Waals surface area (Å²) in [7, 11) is 0. The Hall–Kier alpha value is -0.740. The average Bonchev–Trinajstić information content (AvgIpc) is 2.18. The molecule has 0 bridgehead atoms. The predicted octanol–water partition coefficient (Wildman–Crippen LogP) is -0.656. The van der Waals surface area contributed by atoms with Crippen molar-refractivity contribution in [3.8, 4) is 0 Å². The van der Waals surface area contributed by atoms with Gasteiger partial charge >= 0.3 is 0 Å². The van der Waals surface area contributed by atoms with Gasteiger partial charge in [0, 0.05) is 12.8 Å². The molecular weight excluding hydrogens is 180 g/mol. The van der Waals surface area contributed by atoms with Crippen LogP contribution in [0.15, 0.2) is 0 Å². The van der Waals surface area contributed by atoms with Crippen molar-refractivity contribution in [3.63, 3.8) is 0 Å². The van der Waals surface area contributed by atoms with Gasteiger partial charge in [0.1, 0.15) is 11.6 Å². The number of nitrogens with one attached hydrogen (secondary N) is 2. The average molecular weight is 196 g/mol. The fraction of sp³-hybridized carbons (Fsp3) is 0.800. The van der Waals surface area contributed by atoms with Gasteiger partial charge in [0.15, 0.2) is 0 Å². The van der Waals surface area contributed by atoms with Crippen LogP contribution >= 0.6 is 0 Å². The van der Waals surface area contributed by atoms with Crippen molar-refractivity contribution in [1.29, 1.82) is 0 Å². The summed E-state index contributed by atoms with van der Waals surface area (Å²) in [6.45, 7) is 2.77. The van der Waals surface area contributed by atoms with Crippen LogP contribution in [-0.4, -0.2) is 37.7 Å².